The summed E-state index contributed by atoms with van der Waals surface area (Å²) in [7, 11) is 0. The molecule has 0 unspecified atom stereocenters. The van der Waals surface area contributed by atoms with Gasteiger partial charge in [0.1, 0.15) is 5.54 Å². The Balaban J connectivity index is 2.48. The third-order valence-corrected chi connectivity index (χ3v) is 2.88. The van der Waals surface area contributed by atoms with Crippen molar-refractivity contribution in [2.75, 3.05) is 13.1 Å². The van der Waals surface area contributed by atoms with Gasteiger partial charge in [-0.1, -0.05) is 12.8 Å². The summed E-state index contributed by atoms with van der Waals surface area (Å²) in [5, 5.41) is 13.9. The minimum Gasteiger partial charge on any atom is -0.480 e. The molecule has 7 nitrogen and oxygen atoms in total. The molecule has 1 aliphatic carbocycles. The number of carboxylic acids is 1. The van der Waals surface area contributed by atoms with Crippen molar-refractivity contribution in [2.24, 2.45) is 5.73 Å². The summed E-state index contributed by atoms with van der Waals surface area (Å²) in [6.45, 7) is -0.442. The van der Waals surface area contributed by atoms with E-state index in [1.807, 2.05) is 0 Å². The molecular weight excluding hydrogens is 226 g/mol. The second kappa shape index (κ2) is 5.62. The van der Waals surface area contributed by atoms with Gasteiger partial charge in [-0.25, -0.2) is 4.79 Å². The highest BCUT2D eigenvalue weighted by molar-refractivity contribution is 5.90. The normalized spacial score (nSPS) is 17.5. The first-order valence-electron chi connectivity index (χ1n) is 5.51. The van der Waals surface area contributed by atoms with Crippen LogP contribution < -0.4 is 16.4 Å². The van der Waals surface area contributed by atoms with Crippen LogP contribution in [0.2, 0.25) is 0 Å². The van der Waals surface area contributed by atoms with E-state index in [4.69, 9.17) is 10.8 Å². The number of nitrogens with two attached hydrogens (primary N) is 1. The zero-order chi connectivity index (χ0) is 12.9. The molecule has 0 radical (unpaired) electrons. The lowest BCUT2D eigenvalue weighted by atomic mass is 9.98. The van der Waals surface area contributed by atoms with Gasteiger partial charge in [0.05, 0.1) is 13.1 Å². The second-order valence-electron chi connectivity index (χ2n) is 4.12. The van der Waals surface area contributed by atoms with Crippen molar-refractivity contribution in [2.45, 2.75) is 31.2 Å². The van der Waals surface area contributed by atoms with Gasteiger partial charge < -0.3 is 21.5 Å². The minimum absolute atomic E-state index is 0.197. The lowest BCUT2D eigenvalue weighted by Crippen LogP contribution is -2.55. The van der Waals surface area contributed by atoms with Crippen molar-refractivity contribution in [3.63, 3.8) is 0 Å². The molecule has 0 atom stereocenters. The van der Waals surface area contributed by atoms with Gasteiger partial charge >= 0.3 is 5.97 Å². The molecule has 0 saturated heterocycles. The van der Waals surface area contributed by atoms with Gasteiger partial charge in [-0.05, 0) is 12.8 Å². The van der Waals surface area contributed by atoms with Crippen molar-refractivity contribution in [3.05, 3.63) is 0 Å². The molecule has 2 amide bonds. The van der Waals surface area contributed by atoms with Crippen molar-refractivity contribution in [1.82, 2.24) is 10.6 Å². The van der Waals surface area contributed by atoms with Gasteiger partial charge in [0.2, 0.25) is 11.8 Å². The molecule has 96 valence electrons. The number of carbonyl (C=O) groups is 3. The van der Waals surface area contributed by atoms with Crippen molar-refractivity contribution in [1.29, 1.82) is 0 Å². The summed E-state index contributed by atoms with van der Waals surface area (Å²) in [5.41, 5.74) is 3.90. The Labute approximate surface area is 98.7 Å². The topological polar surface area (TPSA) is 122 Å². The van der Waals surface area contributed by atoms with Crippen molar-refractivity contribution in [3.8, 4) is 0 Å². The molecule has 0 heterocycles. The van der Waals surface area contributed by atoms with Crippen LogP contribution in [0.25, 0.3) is 0 Å². The molecule has 1 fully saturated rings. The number of hydrogen-bond acceptors (Lipinski definition) is 4. The molecule has 5 N–H and O–H groups in total. The maximum Gasteiger partial charge on any atom is 0.329 e. The summed E-state index contributed by atoms with van der Waals surface area (Å²) in [4.78, 5) is 33.5. The summed E-state index contributed by atoms with van der Waals surface area (Å²) in [5.74, 6) is -1.97. The summed E-state index contributed by atoms with van der Waals surface area (Å²) in [6, 6.07) is 0. The highest BCUT2D eigenvalue weighted by Gasteiger charge is 2.42. The van der Waals surface area contributed by atoms with E-state index >= 15 is 0 Å². The van der Waals surface area contributed by atoms with E-state index in [0.29, 0.717) is 12.8 Å². The van der Waals surface area contributed by atoms with E-state index in [0.717, 1.165) is 12.8 Å². The Morgan fingerprint density at radius 3 is 2.24 bits per heavy atom. The van der Waals surface area contributed by atoms with Gasteiger partial charge in [0.15, 0.2) is 0 Å². The second-order valence-corrected chi connectivity index (χ2v) is 4.12. The van der Waals surface area contributed by atoms with Crippen LogP contribution in [0, 0.1) is 0 Å². The molecule has 17 heavy (non-hydrogen) atoms. The number of carboxylic acid groups (broad SMARTS) is 1. The summed E-state index contributed by atoms with van der Waals surface area (Å²) < 4.78 is 0. The van der Waals surface area contributed by atoms with E-state index in [-0.39, 0.29) is 13.1 Å². The van der Waals surface area contributed by atoms with Crippen LogP contribution in [-0.2, 0) is 14.4 Å². The molecule has 0 aromatic carbocycles. The molecule has 0 aliphatic heterocycles. The molecule has 1 saturated carbocycles. The molecule has 7 heteroatoms. The fourth-order valence-electron chi connectivity index (χ4n) is 1.93. The highest BCUT2D eigenvalue weighted by Crippen LogP contribution is 2.29. The minimum atomic E-state index is -1.16. The Morgan fingerprint density at radius 2 is 1.76 bits per heavy atom. The van der Waals surface area contributed by atoms with Crippen LogP contribution in [0.3, 0.4) is 0 Å². The van der Waals surface area contributed by atoms with E-state index < -0.39 is 23.3 Å². The third kappa shape index (κ3) is 3.42. The Morgan fingerprint density at radius 1 is 1.18 bits per heavy atom. The molecule has 0 aromatic heterocycles. The van der Waals surface area contributed by atoms with Gasteiger partial charge in [-0.3, -0.25) is 9.59 Å². The van der Waals surface area contributed by atoms with Crippen molar-refractivity contribution >= 4 is 17.8 Å². The van der Waals surface area contributed by atoms with E-state index in [2.05, 4.69) is 10.6 Å². The smallest absolute Gasteiger partial charge is 0.329 e. The van der Waals surface area contributed by atoms with Crippen LogP contribution in [0.1, 0.15) is 25.7 Å². The fraction of sp³-hybridized carbons (Fsp3) is 0.700. The highest BCUT2D eigenvalue weighted by atomic mass is 16.4. The number of hydrogen-bond donors (Lipinski definition) is 4. The fourth-order valence-corrected chi connectivity index (χ4v) is 1.93. The molecule has 1 rings (SSSR count). The zero-order valence-electron chi connectivity index (χ0n) is 9.49. The first-order valence-corrected chi connectivity index (χ1v) is 5.51. The van der Waals surface area contributed by atoms with Crippen LogP contribution >= 0.6 is 0 Å². The van der Waals surface area contributed by atoms with Crippen LogP contribution in [0.15, 0.2) is 0 Å². The summed E-state index contributed by atoms with van der Waals surface area (Å²) in [6.07, 6.45) is 2.42. The number of nitrogens with one attached hydrogen (secondary N) is 2. The van der Waals surface area contributed by atoms with Crippen LogP contribution in [0.5, 0.6) is 0 Å². The Hall–Kier alpha value is -1.63. The third-order valence-electron chi connectivity index (χ3n) is 2.88. The van der Waals surface area contributed by atoms with Gasteiger partial charge in [0, 0.05) is 0 Å². The predicted molar refractivity (Wildman–Crippen MR) is 59.0 cm³/mol. The lowest BCUT2D eigenvalue weighted by molar-refractivity contribution is -0.147. The van der Waals surface area contributed by atoms with Crippen LogP contribution in [0.4, 0.5) is 0 Å². The lowest BCUT2D eigenvalue weighted by Gasteiger charge is -2.25. The molecule has 1 aliphatic rings. The molecule has 0 spiro atoms. The number of amides is 2. The standard InChI is InChI=1S/C10H17N3O4/c11-5-7(14)12-6-8(15)13-10(9(16)17)3-1-2-4-10/h1-6,11H2,(H,12,14)(H,13,15)(H,16,17). The molecule has 0 bridgehead atoms. The average Bonchev–Trinajstić information content (AvgIpc) is 2.75. The number of aliphatic carboxylic acids is 1. The number of carbonyl (C=O) groups excluding carboxylic acids is 2. The SMILES string of the molecule is NCC(=O)NCC(=O)NC1(C(=O)O)CCCC1. The molecule has 0 aromatic rings. The maximum atomic E-state index is 11.5. The van der Waals surface area contributed by atoms with E-state index in [1.54, 1.807) is 0 Å². The van der Waals surface area contributed by atoms with Gasteiger partial charge in [-0.15, -0.1) is 0 Å². The maximum absolute atomic E-state index is 11.5. The van der Waals surface area contributed by atoms with E-state index in [1.165, 1.54) is 0 Å². The van der Waals surface area contributed by atoms with Gasteiger partial charge in [0.25, 0.3) is 0 Å². The first kappa shape index (κ1) is 13.4. The predicted octanol–water partition coefficient (Wildman–Crippen LogP) is -1.43. The molecular formula is C10H17N3O4. The van der Waals surface area contributed by atoms with Gasteiger partial charge in [-0.2, -0.15) is 0 Å². The Kier molecular flexibility index (Phi) is 4.45. The monoisotopic (exact) mass is 243 g/mol. The first-order chi connectivity index (χ1) is 8.00. The van der Waals surface area contributed by atoms with Crippen molar-refractivity contribution < 1.29 is 19.5 Å². The van der Waals surface area contributed by atoms with E-state index in [9.17, 15) is 14.4 Å². The Bertz CT molecular complexity index is 324. The zero-order valence-corrected chi connectivity index (χ0v) is 9.49. The summed E-state index contributed by atoms with van der Waals surface area (Å²) >= 11 is 0. The largest absolute Gasteiger partial charge is 0.480 e. The quantitative estimate of drug-likeness (QED) is 0.472. The van der Waals surface area contributed by atoms with Crippen LogP contribution in [-0.4, -0.2) is 41.5 Å². The average molecular weight is 243 g/mol. The number of rotatable bonds is 5.